The standard InChI is InChI=1S/C23H46N4O2/c1-3-24-19-22(28)26-18-14-17-21(25-4-2)23(29)27-20-15-12-10-8-6-5-7-9-11-13-16-20/h20-21,24-25H,3-19H2,1-2H3,(H,26,28)(H,27,29). The third kappa shape index (κ3) is 13.7. The van der Waals surface area contributed by atoms with Crippen LogP contribution in [0.3, 0.4) is 0 Å². The van der Waals surface area contributed by atoms with E-state index in [4.69, 9.17) is 0 Å². The van der Waals surface area contributed by atoms with Gasteiger partial charge in [0.2, 0.25) is 11.8 Å². The van der Waals surface area contributed by atoms with Crippen LogP contribution in [-0.4, -0.2) is 50.1 Å². The van der Waals surface area contributed by atoms with Crippen molar-refractivity contribution >= 4 is 11.8 Å². The molecule has 1 unspecified atom stereocenters. The maximum absolute atomic E-state index is 12.9. The van der Waals surface area contributed by atoms with Crippen LogP contribution in [0.4, 0.5) is 0 Å². The van der Waals surface area contributed by atoms with Crippen molar-refractivity contribution in [3.63, 3.8) is 0 Å². The molecule has 6 heteroatoms. The molecule has 1 aliphatic rings. The molecule has 1 fully saturated rings. The maximum Gasteiger partial charge on any atom is 0.237 e. The Morgan fingerprint density at radius 1 is 0.862 bits per heavy atom. The second-order valence-corrected chi connectivity index (χ2v) is 8.35. The summed E-state index contributed by atoms with van der Waals surface area (Å²) in [5.41, 5.74) is 0. The van der Waals surface area contributed by atoms with Crippen molar-refractivity contribution in [1.29, 1.82) is 0 Å². The fourth-order valence-corrected chi connectivity index (χ4v) is 4.02. The second kappa shape index (κ2) is 17.7. The summed E-state index contributed by atoms with van der Waals surface area (Å²) in [6.45, 7) is 6.55. The lowest BCUT2D eigenvalue weighted by Gasteiger charge is -2.24. The number of likely N-dealkylation sites (N-methyl/N-ethyl adjacent to an activating group) is 2. The summed E-state index contributed by atoms with van der Waals surface area (Å²) in [5, 5.41) is 12.6. The molecule has 29 heavy (non-hydrogen) atoms. The molecule has 0 heterocycles. The number of hydrogen-bond donors (Lipinski definition) is 4. The molecular weight excluding hydrogens is 364 g/mol. The van der Waals surface area contributed by atoms with Crippen LogP contribution >= 0.6 is 0 Å². The predicted molar refractivity (Wildman–Crippen MR) is 121 cm³/mol. The van der Waals surface area contributed by atoms with Crippen LogP contribution in [0.15, 0.2) is 0 Å². The normalized spacial score (nSPS) is 18.3. The smallest absolute Gasteiger partial charge is 0.237 e. The highest BCUT2D eigenvalue weighted by molar-refractivity contribution is 5.82. The first-order chi connectivity index (χ1) is 14.2. The molecule has 0 aromatic rings. The van der Waals surface area contributed by atoms with Gasteiger partial charge in [-0.3, -0.25) is 9.59 Å². The first-order valence-electron chi connectivity index (χ1n) is 12.2. The lowest BCUT2D eigenvalue weighted by atomic mass is 9.97. The molecule has 0 radical (unpaired) electrons. The van der Waals surface area contributed by atoms with E-state index in [-0.39, 0.29) is 17.9 Å². The molecule has 2 amide bonds. The van der Waals surface area contributed by atoms with Crippen molar-refractivity contribution in [3.05, 3.63) is 0 Å². The van der Waals surface area contributed by atoms with E-state index in [1.165, 1.54) is 57.8 Å². The average Bonchev–Trinajstić information content (AvgIpc) is 2.70. The van der Waals surface area contributed by atoms with Gasteiger partial charge in [0.15, 0.2) is 0 Å². The number of amides is 2. The molecule has 0 bridgehead atoms. The zero-order chi connectivity index (χ0) is 21.2. The highest BCUT2D eigenvalue weighted by Gasteiger charge is 2.20. The highest BCUT2D eigenvalue weighted by Crippen LogP contribution is 2.17. The van der Waals surface area contributed by atoms with Crippen LogP contribution in [-0.2, 0) is 9.59 Å². The van der Waals surface area contributed by atoms with Gasteiger partial charge < -0.3 is 21.3 Å². The largest absolute Gasteiger partial charge is 0.355 e. The molecule has 0 aromatic heterocycles. The van der Waals surface area contributed by atoms with Crippen molar-refractivity contribution in [1.82, 2.24) is 21.3 Å². The third-order valence-electron chi connectivity index (χ3n) is 5.75. The van der Waals surface area contributed by atoms with Gasteiger partial charge in [0.1, 0.15) is 0 Å². The van der Waals surface area contributed by atoms with E-state index < -0.39 is 0 Å². The summed E-state index contributed by atoms with van der Waals surface area (Å²) in [7, 11) is 0. The molecule has 4 N–H and O–H groups in total. The van der Waals surface area contributed by atoms with Crippen molar-refractivity contribution in [2.45, 2.75) is 109 Å². The van der Waals surface area contributed by atoms with Gasteiger partial charge >= 0.3 is 0 Å². The molecule has 6 nitrogen and oxygen atoms in total. The van der Waals surface area contributed by atoms with Crippen LogP contribution < -0.4 is 21.3 Å². The second-order valence-electron chi connectivity index (χ2n) is 8.35. The molecule has 170 valence electrons. The number of hydrogen-bond acceptors (Lipinski definition) is 4. The summed E-state index contributed by atoms with van der Waals surface area (Å²) in [6, 6.07) is 0.134. The zero-order valence-electron chi connectivity index (χ0n) is 19.0. The average molecular weight is 411 g/mol. The number of carbonyl (C=O) groups excluding carboxylic acids is 2. The highest BCUT2D eigenvalue weighted by atomic mass is 16.2. The molecule has 1 saturated carbocycles. The predicted octanol–water partition coefficient (Wildman–Crippen LogP) is 3.26. The van der Waals surface area contributed by atoms with Crippen molar-refractivity contribution in [2.75, 3.05) is 26.2 Å². The van der Waals surface area contributed by atoms with Crippen molar-refractivity contribution in [3.8, 4) is 0 Å². The quantitative estimate of drug-likeness (QED) is 0.394. The van der Waals surface area contributed by atoms with Crippen LogP contribution in [0.25, 0.3) is 0 Å². The van der Waals surface area contributed by atoms with Crippen LogP contribution in [0.5, 0.6) is 0 Å². The molecule has 0 spiro atoms. The minimum absolute atomic E-state index is 0.0181. The Labute approximate surface area is 178 Å². The molecule has 0 saturated heterocycles. The zero-order valence-corrected chi connectivity index (χ0v) is 19.0. The third-order valence-corrected chi connectivity index (χ3v) is 5.75. The summed E-state index contributed by atoms with van der Waals surface area (Å²) in [4.78, 5) is 24.5. The van der Waals surface area contributed by atoms with Gasteiger partial charge in [0, 0.05) is 12.6 Å². The number of carbonyl (C=O) groups is 2. The Balaban J connectivity index is 2.39. The Kier molecular flexibility index (Phi) is 15.8. The Morgan fingerprint density at radius 3 is 2.00 bits per heavy atom. The molecular formula is C23H46N4O2. The fourth-order valence-electron chi connectivity index (χ4n) is 4.02. The SMILES string of the molecule is CCNCC(=O)NCCCC(NCC)C(=O)NC1CCCCCCCCCCC1. The van der Waals surface area contributed by atoms with E-state index >= 15 is 0 Å². The molecule has 1 aliphatic carbocycles. The number of rotatable bonds is 11. The maximum atomic E-state index is 12.9. The Hall–Kier alpha value is -1.14. The van der Waals surface area contributed by atoms with E-state index in [2.05, 4.69) is 21.3 Å². The molecule has 0 aliphatic heterocycles. The first-order valence-corrected chi connectivity index (χ1v) is 12.2. The van der Waals surface area contributed by atoms with Crippen molar-refractivity contribution < 1.29 is 9.59 Å². The summed E-state index contributed by atoms with van der Waals surface area (Å²) in [5.74, 6) is 0.146. The van der Waals surface area contributed by atoms with Gasteiger partial charge in [-0.15, -0.1) is 0 Å². The minimum Gasteiger partial charge on any atom is -0.355 e. The summed E-state index contributed by atoms with van der Waals surface area (Å²) >= 11 is 0. The van der Waals surface area contributed by atoms with Gasteiger partial charge in [0.05, 0.1) is 12.6 Å². The van der Waals surface area contributed by atoms with E-state index in [9.17, 15) is 9.59 Å². The van der Waals surface area contributed by atoms with Crippen molar-refractivity contribution in [2.24, 2.45) is 0 Å². The van der Waals surface area contributed by atoms with Gasteiger partial charge in [-0.05, 0) is 38.8 Å². The van der Waals surface area contributed by atoms with Gasteiger partial charge in [-0.2, -0.15) is 0 Å². The Morgan fingerprint density at radius 2 is 1.45 bits per heavy atom. The summed E-state index contributed by atoms with van der Waals surface area (Å²) in [6.07, 6.45) is 15.5. The fraction of sp³-hybridized carbons (Fsp3) is 0.913. The molecule has 1 atom stereocenters. The summed E-state index contributed by atoms with van der Waals surface area (Å²) < 4.78 is 0. The number of nitrogens with one attached hydrogen (secondary N) is 4. The van der Waals surface area contributed by atoms with E-state index in [0.717, 1.165) is 38.8 Å². The van der Waals surface area contributed by atoms with E-state index in [1.807, 2.05) is 13.8 Å². The van der Waals surface area contributed by atoms with E-state index in [0.29, 0.717) is 19.1 Å². The topological polar surface area (TPSA) is 82.3 Å². The molecule has 0 aromatic carbocycles. The lowest BCUT2D eigenvalue weighted by molar-refractivity contribution is -0.124. The van der Waals surface area contributed by atoms with E-state index in [1.54, 1.807) is 0 Å². The molecule has 1 rings (SSSR count). The first kappa shape index (κ1) is 25.9. The van der Waals surface area contributed by atoms with Gasteiger partial charge in [-0.1, -0.05) is 71.6 Å². The van der Waals surface area contributed by atoms with Gasteiger partial charge in [0.25, 0.3) is 0 Å². The van der Waals surface area contributed by atoms with Crippen LogP contribution in [0.2, 0.25) is 0 Å². The Bertz CT molecular complexity index is 419. The lowest BCUT2D eigenvalue weighted by Crippen LogP contribution is -2.48. The minimum atomic E-state index is -0.174. The van der Waals surface area contributed by atoms with Gasteiger partial charge in [-0.25, -0.2) is 0 Å². The van der Waals surface area contributed by atoms with Crippen LogP contribution in [0, 0.1) is 0 Å². The monoisotopic (exact) mass is 410 g/mol. The van der Waals surface area contributed by atoms with Crippen LogP contribution in [0.1, 0.15) is 97.3 Å².